The first-order chi connectivity index (χ1) is 9.61. The van der Waals surface area contributed by atoms with E-state index in [4.69, 9.17) is 0 Å². The van der Waals surface area contributed by atoms with E-state index in [1.54, 1.807) is 6.07 Å². The summed E-state index contributed by atoms with van der Waals surface area (Å²) in [4.78, 5) is 12.1. The highest BCUT2D eigenvalue weighted by molar-refractivity contribution is 6.02. The molecule has 4 heteroatoms. The molecule has 0 unspecified atom stereocenters. The van der Waals surface area contributed by atoms with Crippen molar-refractivity contribution in [2.45, 2.75) is 32.6 Å². The van der Waals surface area contributed by atoms with Crippen LogP contribution in [0.2, 0.25) is 0 Å². The SMILES string of the molecule is Cc1cc(C)cc(NC(=O)c2ccc(C3CC3)nn2)c1. The van der Waals surface area contributed by atoms with E-state index in [0.717, 1.165) is 22.5 Å². The van der Waals surface area contributed by atoms with Crippen LogP contribution < -0.4 is 5.32 Å². The lowest BCUT2D eigenvalue weighted by Crippen LogP contribution is -2.14. The largest absolute Gasteiger partial charge is 0.321 e. The van der Waals surface area contributed by atoms with Gasteiger partial charge in [0.1, 0.15) is 0 Å². The molecule has 1 aliphatic rings. The van der Waals surface area contributed by atoms with Gasteiger partial charge in [0.25, 0.3) is 5.91 Å². The molecule has 0 radical (unpaired) electrons. The summed E-state index contributed by atoms with van der Waals surface area (Å²) in [5.74, 6) is 0.337. The topological polar surface area (TPSA) is 54.9 Å². The summed E-state index contributed by atoms with van der Waals surface area (Å²) in [7, 11) is 0. The molecule has 1 aromatic carbocycles. The van der Waals surface area contributed by atoms with E-state index in [9.17, 15) is 4.79 Å². The number of anilines is 1. The second-order valence-corrected chi connectivity index (χ2v) is 5.45. The van der Waals surface area contributed by atoms with Gasteiger partial charge in [0, 0.05) is 11.6 Å². The van der Waals surface area contributed by atoms with Crippen molar-refractivity contribution in [3.63, 3.8) is 0 Å². The van der Waals surface area contributed by atoms with Crippen molar-refractivity contribution < 1.29 is 4.79 Å². The van der Waals surface area contributed by atoms with Crippen LogP contribution in [0, 0.1) is 13.8 Å². The molecule has 1 N–H and O–H groups in total. The Morgan fingerprint density at radius 3 is 2.35 bits per heavy atom. The molecule has 0 spiro atoms. The fraction of sp³-hybridized carbons (Fsp3) is 0.312. The number of carbonyl (C=O) groups is 1. The molecule has 0 atom stereocenters. The summed E-state index contributed by atoms with van der Waals surface area (Å²) in [6.45, 7) is 4.01. The molecule has 2 aromatic rings. The van der Waals surface area contributed by atoms with Crippen LogP contribution in [-0.2, 0) is 0 Å². The molecule has 102 valence electrons. The van der Waals surface area contributed by atoms with E-state index in [1.807, 2.05) is 32.0 Å². The van der Waals surface area contributed by atoms with Gasteiger partial charge in [-0.25, -0.2) is 0 Å². The minimum Gasteiger partial charge on any atom is -0.321 e. The highest BCUT2D eigenvalue weighted by atomic mass is 16.1. The van der Waals surface area contributed by atoms with Crippen LogP contribution in [0.1, 0.15) is 46.1 Å². The van der Waals surface area contributed by atoms with Gasteiger partial charge in [-0.1, -0.05) is 6.07 Å². The summed E-state index contributed by atoms with van der Waals surface area (Å²) in [5.41, 5.74) is 4.38. The second kappa shape index (κ2) is 5.04. The molecule has 1 fully saturated rings. The normalized spacial score (nSPS) is 14.1. The number of hydrogen-bond acceptors (Lipinski definition) is 3. The zero-order chi connectivity index (χ0) is 14.1. The Hall–Kier alpha value is -2.23. The third-order valence-corrected chi connectivity index (χ3v) is 3.39. The number of aryl methyl sites for hydroxylation is 2. The van der Waals surface area contributed by atoms with Gasteiger partial charge in [-0.15, -0.1) is 5.10 Å². The predicted molar refractivity (Wildman–Crippen MR) is 77.9 cm³/mol. The number of amides is 1. The molecule has 1 amide bonds. The average molecular weight is 267 g/mol. The van der Waals surface area contributed by atoms with E-state index < -0.39 is 0 Å². The number of benzene rings is 1. The van der Waals surface area contributed by atoms with Gasteiger partial charge in [-0.3, -0.25) is 4.79 Å². The summed E-state index contributed by atoms with van der Waals surface area (Å²) < 4.78 is 0. The van der Waals surface area contributed by atoms with Crippen LogP contribution in [-0.4, -0.2) is 16.1 Å². The van der Waals surface area contributed by atoms with E-state index >= 15 is 0 Å². The molecule has 0 aliphatic heterocycles. The Morgan fingerprint density at radius 2 is 1.80 bits per heavy atom. The average Bonchev–Trinajstić information content (AvgIpc) is 3.22. The highest BCUT2D eigenvalue weighted by Gasteiger charge is 2.25. The van der Waals surface area contributed by atoms with Crippen molar-refractivity contribution >= 4 is 11.6 Å². The third-order valence-electron chi connectivity index (χ3n) is 3.39. The van der Waals surface area contributed by atoms with Gasteiger partial charge in [0.2, 0.25) is 0 Å². The monoisotopic (exact) mass is 267 g/mol. The lowest BCUT2D eigenvalue weighted by molar-refractivity contribution is 0.102. The molecule has 1 aromatic heterocycles. The van der Waals surface area contributed by atoms with Crippen molar-refractivity contribution in [3.05, 3.63) is 52.8 Å². The summed E-state index contributed by atoms with van der Waals surface area (Å²) in [6.07, 6.45) is 2.37. The Bertz CT molecular complexity index is 625. The van der Waals surface area contributed by atoms with Gasteiger partial charge in [0.15, 0.2) is 5.69 Å². The Morgan fingerprint density at radius 1 is 1.10 bits per heavy atom. The van der Waals surface area contributed by atoms with Crippen LogP contribution in [0.15, 0.2) is 30.3 Å². The van der Waals surface area contributed by atoms with Gasteiger partial charge >= 0.3 is 0 Å². The maximum absolute atomic E-state index is 12.1. The van der Waals surface area contributed by atoms with Gasteiger partial charge in [-0.05, 0) is 62.1 Å². The zero-order valence-electron chi connectivity index (χ0n) is 11.7. The molecule has 1 aliphatic carbocycles. The summed E-state index contributed by atoms with van der Waals surface area (Å²) >= 11 is 0. The lowest BCUT2D eigenvalue weighted by Gasteiger charge is -2.07. The molecular formula is C16H17N3O. The lowest BCUT2D eigenvalue weighted by atomic mass is 10.1. The number of aromatic nitrogens is 2. The molecule has 3 rings (SSSR count). The fourth-order valence-electron chi connectivity index (χ4n) is 2.30. The predicted octanol–water partition coefficient (Wildman–Crippen LogP) is 3.22. The number of nitrogens with one attached hydrogen (secondary N) is 1. The van der Waals surface area contributed by atoms with Crippen molar-refractivity contribution in [3.8, 4) is 0 Å². The smallest absolute Gasteiger partial charge is 0.276 e. The van der Waals surface area contributed by atoms with Crippen LogP contribution in [0.3, 0.4) is 0 Å². The second-order valence-electron chi connectivity index (χ2n) is 5.45. The van der Waals surface area contributed by atoms with Gasteiger partial charge in [-0.2, -0.15) is 5.10 Å². The van der Waals surface area contributed by atoms with Crippen LogP contribution in [0.5, 0.6) is 0 Å². The van der Waals surface area contributed by atoms with Crippen LogP contribution in [0.4, 0.5) is 5.69 Å². The first kappa shape index (κ1) is 12.8. The standard InChI is InChI=1S/C16H17N3O/c1-10-7-11(2)9-13(8-10)17-16(20)15-6-5-14(18-19-15)12-3-4-12/h5-9,12H,3-4H2,1-2H3,(H,17,20). The van der Waals surface area contributed by atoms with E-state index in [2.05, 4.69) is 21.6 Å². The first-order valence-electron chi connectivity index (χ1n) is 6.85. The number of nitrogens with zero attached hydrogens (tertiary/aromatic N) is 2. The van der Waals surface area contributed by atoms with E-state index in [0.29, 0.717) is 11.6 Å². The quantitative estimate of drug-likeness (QED) is 0.929. The molecule has 0 saturated heterocycles. The molecule has 20 heavy (non-hydrogen) atoms. The summed E-state index contributed by atoms with van der Waals surface area (Å²) in [6, 6.07) is 9.60. The van der Waals surface area contributed by atoms with Crippen molar-refractivity contribution in [1.29, 1.82) is 0 Å². The number of rotatable bonds is 3. The number of carbonyl (C=O) groups excluding carboxylic acids is 1. The Kier molecular flexibility index (Phi) is 3.22. The molecule has 0 bridgehead atoms. The minimum atomic E-state index is -0.218. The highest BCUT2D eigenvalue weighted by Crippen LogP contribution is 2.38. The zero-order valence-corrected chi connectivity index (χ0v) is 11.7. The Labute approximate surface area is 118 Å². The Balaban J connectivity index is 1.74. The minimum absolute atomic E-state index is 0.218. The maximum atomic E-state index is 12.1. The van der Waals surface area contributed by atoms with Crippen molar-refractivity contribution in [1.82, 2.24) is 10.2 Å². The molecule has 1 saturated carbocycles. The van der Waals surface area contributed by atoms with Crippen molar-refractivity contribution in [2.24, 2.45) is 0 Å². The van der Waals surface area contributed by atoms with E-state index in [-0.39, 0.29) is 5.91 Å². The van der Waals surface area contributed by atoms with E-state index in [1.165, 1.54) is 12.8 Å². The molecule has 1 heterocycles. The van der Waals surface area contributed by atoms with Crippen molar-refractivity contribution in [2.75, 3.05) is 5.32 Å². The molecule has 4 nitrogen and oxygen atoms in total. The van der Waals surface area contributed by atoms with Crippen LogP contribution >= 0.6 is 0 Å². The van der Waals surface area contributed by atoms with Gasteiger partial charge in [0.05, 0.1) is 5.69 Å². The maximum Gasteiger partial charge on any atom is 0.276 e. The number of hydrogen-bond donors (Lipinski definition) is 1. The third kappa shape index (κ3) is 2.85. The molecular weight excluding hydrogens is 250 g/mol. The van der Waals surface area contributed by atoms with Crippen LogP contribution in [0.25, 0.3) is 0 Å². The first-order valence-corrected chi connectivity index (χ1v) is 6.85. The fourth-order valence-corrected chi connectivity index (χ4v) is 2.30. The summed E-state index contributed by atoms with van der Waals surface area (Å²) in [5, 5.41) is 11.0. The van der Waals surface area contributed by atoms with Gasteiger partial charge < -0.3 is 5.32 Å².